The summed E-state index contributed by atoms with van der Waals surface area (Å²) in [4.78, 5) is 4.05. The fraction of sp³-hybridized carbons (Fsp3) is 0.0909. The molecule has 0 saturated carbocycles. The molecule has 0 saturated heterocycles. The molecule has 1 aromatic carbocycles. The van der Waals surface area contributed by atoms with Gasteiger partial charge in [-0.1, -0.05) is 0 Å². The van der Waals surface area contributed by atoms with E-state index in [4.69, 9.17) is 5.26 Å². The first-order valence-corrected chi connectivity index (χ1v) is 5.49. The SMILES string of the molecule is Cc1cncn1-c1ccc(I)cc1C#N. The van der Waals surface area contributed by atoms with E-state index in [1.807, 2.05) is 29.7 Å². The number of rotatable bonds is 1. The van der Waals surface area contributed by atoms with Gasteiger partial charge in [-0.05, 0) is 47.7 Å². The highest BCUT2D eigenvalue weighted by molar-refractivity contribution is 14.1. The van der Waals surface area contributed by atoms with E-state index in [-0.39, 0.29) is 0 Å². The van der Waals surface area contributed by atoms with Crippen LogP contribution in [0.5, 0.6) is 0 Å². The van der Waals surface area contributed by atoms with Crippen molar-refractivity contribution in [2.24, 2.45) is 0 Å². The molecule has 1 aromatic heterocycles. The van der Waals surface area contributed by atoms with Gasteiger partial charge >= 0.3 is 0 Å². The molecule has 74 valence electrons. The van der Waals surface area contributed by atoms with Crippen LogP contribution < -0.4 is 0 Å². The lowest BCUT2D eigenvalue weighted by Gasteiger charge is -2.07. The zero-order chi connectivity index (χ0) is 10.8. The van der Waals surface area contributed by atoms with E-state index in [2.05, 4.69) is 33.6 Å². The molecule has 0 radical (unpaired) electrons. The first-order chi connectivity index (χ1) is 7.22. The second-order valence-electron chi connectivity index (χ2n) is 3.18. The third-order valence-corrected chi connectivity index (χ3v) is 2.83. The van der Waals surface area contributed by atoms with Crippen LogP contribution in [-0.2, 0) is 0 Å². The van der Waals surface area contributed by atoms with E-state index in [0.29, 0.717) is 5.56 Å². The van der Waals surface area contributed by atoms with Crippen molar-refractivity contribution < 1.29 is 0 Å². The maximum atomic E-state index is 9.05. The largest absolute Gasteiger partial charge is 0.302 e. The van der Waals surface area contributed by atoms with E-state index in [9.17, 15) is 0 Å². The molecule has 0 fully saturated rings. The summed E-state index contributed by atoms with van der Waals surface area (Å²) in [5.41, 5.74) is 2.57. The van der Waals surface area contributed by atoms with Crippen molar-refractivity contribution in [3.05, 3.63) is 45.6 Å². The minimum absolute atomic E-state index is 0.669. The quantitative estimate of drug-likeness (QED) is 0.760. The van der Waals surface area contributed by atoms with Gasteiger partial charge < -0.3 is 4.57 Å². The second kappa shape index (κ2) is 4.03. The van der Waals surface area contributed by atoms with Crippen molar-refractivity contribution in [2.75, 3.05) is 0 Å². The lowest BCUT2D eigenvalue weighted by Crippen LogP contribution is -1.98. The first kappa shape index (κ1) is 10.2. The van der Waals surface area contributed by atoms with Gasteiger partial charge in [0.1, 0.15) is 6.07 Å². The summed E-state index contributed by atoms with van der Waals surface area (Å²) in [7, 11) is 0. The molecule has 0 aliphatic heterocycles. The number of hydrogen-bond donors (Lipinski definition) is 0. The summed E-state index contributed by atoms with van der Waals surface area (Å²) in [5, 5.41) is 9.05. The molecule has 0 aliphatic rings. The minimum atomic E-state index is 0.669. The number of imidazole rings is 1. The maximum Gasteiger partial charge on any atom is 0.101 e. The Balaban J connectivity index is 2.64. The molecule has 0 N–H and O–H groups in total. The summed E-state index contributed by atoms with van der Waals surface area (Å²) in [6.45, 7) is 1.96. The number of aryl methyl sites for hydroxylation is 1. The molecule has 1 heterocycles. The maximum absolute atomic E-state index is 9.05. The van der Waals surface area contributed by atoms with Crippen molar-refractivity contribution in [3.8, 4) is 11.8 Å². The van der Waals surface area contributed by atoms with Gasteiger partial charge in [0.15, 0.2) is 0 Å². The number of halogens is 1. The average Bonchev–Trinajstić information content (AvgIpc) is 2.64. The van der Waals surface area contributed by atoms with Crippen LogP contribution in [0.25, 0.3) is 5.69 Å². The first-order valence-electron chi connectivity index (χ1n) is 4.41. The lowest BCUT2D eigenvalue weighted by molar-refractivity contribution is 0.999. The van der Waals surface area contributed by atoms with Crippen LogP contribution in [-0.4, -0.2) is 9.55 Å². The Kier molecular flexibility index (Phi) is 2.73. The minimum Gasteiger partial charge on any atom is -0.302 e. The summed E-state index contributed by atoms with van der Waals surface area (Å²) in [6.07, 6.45) is 3.50. The zero-order valence-electron chi connectivity index (χ0n) is 8.11. The third-order valence-electron chi connectivity index (χ3n) is 2.16. The summed E-state index contributed by atoms with van der Waals surface area (Å²) < 4.78 is 2.97. The number of nitriles is 1. The number of hydrogen-bond acceptors (Lipinski definition) is 2. The Labute approximate surface area is 102 Å². The van der Waals surface area contributed by atoms with Crippen molar-refractivity contribution in [3.63, 3.8) is 0 Å². The van der Waals surface area contributed by atoms with Gasteiger partial charge in [0.05, 0.1) is 17.6 Å². The fourth-order valence-electron chi connectivity index (χ4n) is 1.42. The molecule has 0 aliphatic carbocycles. The van der Waals surface area contributed by atoms with Crippen LogP contribution in [0.1, 0.15) is 11.3 Å². The Morgan fingerprint density at radius 2 is 2.27 bits per heavy atom. The molecule has 0 spiro atoms. The van der Waals surface area contributed by atoms with Crippen LogP contribution in [0, 0.1) is 21.8 Å². The third kappa shape index (κ3) is 1.88. The smallest absolute Gasteiger partial charge is 0.101 e. The Morgan fingerprint density at radius 1 is 1.47 bits per heavy atom. The molecular formula is C11H8IN3. The van der Waals surface area contributed by atoms with Crippen molar-refractivity contribution >= 4 is 22.6 Å². The molecule has 0 unspecified atom stereocenters. The van der Waals surface area contributed by atoms with Crippen LogP contribution in [0.3, 0.4) is 0 Å². The topological polar surface area (TPSA) is 41.6 Å². The Bertz CT molecular complexity index is 537. The van der Waals surface area contributed by atoms with Crippen molar-refractivity contribution in [1.29, 1.82) is 5.26 Å². The zero-order valence-corrected chi connectivity index (χ0v) is 10.3. The molecule has 3 nitrogen and oxygen atoms in total. The molecule has 15 heavy (non-hydrogen) atoms. The normalized spacial score (nSPS) is 9.93. The van der Waals surface area contributed by atoms with Crippen molar-refractivity contribution in [2.45, 2.75) is 6.92 Å². The average molecular weight is 309 g/mol. The lowest BCUT2D eigenvalue weighted by atomic mass is 10.2. The van der Waals surface area contributed by atoms with Gasteiger partial charge in [-0.25, -0.2) is 4.98 Å². The molecular weight excluding hydrogens is 301 g/mol. The molecule has 2 rings (SSSR count). The second-order valence-corrected chi connectivity index (χ2v) is 4.42. The highest BCUT2D eigenvalue weighted by Crippen LogP contribution is 2.18. The van der Waals surface area contributed by atoms with Crippen LogP contribution in [0.15, 0.2) is 30.7 Å². The van der Waals surface area contributed by atoms with Gasteiger partial charge in [-0.3, -0.25) is 0 Å². The molecule has 2 aromatic rings. The molecule has 0 atom stereocenters. The summed E-state index contributed by atoms with van der Waals surface area (Å²) in [6, 6.07) is 7.99. The van der Waals surface area contributed by atoms with Crippen LogP contribution in [0.4, 0.5) is 0 Å². The highest BCUT2D eigenvalue weighted by Gasteiger charge is 2.06. The predicted octanol–water partition coefficient (Wildman–Crippen LogP) is 2.66. The van der Waals surface area contributed by atoms with E-state index in [0.717, 1.165) is 15.0 Å². The van der Waals surface area contributed by atoms with Gasteiger partial charge in [-0.15, -0.1) is 0 Å². The number of benzene rings is 1. The number of aromatic nitrogens is 2. The highest BCUT2D eigenvalue weighted by atomic mass is 127. The standard InChI is InChI=1S/C11H8IN3/c1-8-6-14-7-15(8)11-3-2-10(12)4-9(11)5-13/h2-4,6-7H,1H3. The Morgan fingerprint density at radius 3 is 2.87 bits per heavy atom. The van der Waals surface area contributed by atoms with Crippen LogP contribution in [0.2, 0.25) is 0 Å². The Hall–Kier alpha value is -1.35. The van der Waals surface area contributed by atoms with Gasteiger partial charge in [0.25, 0.3) is 0 Å². The van der Waals surface area contributed by atoms with E-state index in [1.54, 1.807) is 12.5 Å². The molecule has 4 heteroatoms. The predicted molar refractivity (Wildman–Crippen MR) is 65.7 cm³/mol. The van der Waals surface area contributed by atoms with E-state index < -0.39 is 0 Å². The molecule has 0 amide bonds. The van der Waals surface area contributed by atoms with Gasteiger partial charge in [0.2, 0.25) is 0 Å². The fourth-order valence-corrected chi connectivity index (χ4v) is 1.91. The van der Waals surface area contributed by atoms with E-state index in [1.165, 1.54) is 0 Å². The van der Waals surface area contributed by atoms with Gasteiger partial charge in [0, 0.05) is 15.5 Å². The summed E-state index contributed by atoms with van der Waals surface area (Å²) in [5.74, 6) is 0. The van der Waals surface area contributed by atoms with Crippen LogP contribution >= 0.6 is 22.6 Å². The number of nitrogens with zero attached hydrogens (tertiary/aromatic N) is 3. The van der Waals surface area contributed by atoms with Crippen molar-refractivity contribution in [1.82, 2.24) is 9.55 Å². The monoisotopic (exact) mass is 309 g/mol. The summed E-state index contributed by atoms with van der Waals surface area (Å²) >= 11 is 2.20. The van der Waals surface area contributed by atoms with Gasteiger partial charge in [-0.2, -0.15) is 5.26 Å². The molecule has 0 bridgehead atoms. The van der Waals surface area contributed by atoms with E-state index >= 15 is 0 Å².